The van der Waals surface area contributed by atoms with Crippen LogP contribution in [0.1, 0.15) is 41.7 Å². The zero-order valence-corrected chi connectivity index (χ0v) is 13.3. The van der Waals surface area contributed by atoms with Crippen LogP contribution in [-0.4, -0.2) is 52.9 Å². The van der Waals surface area contributed by atoms with Crippen LogP contribution in [0.3, 0.4) is 0 Å². The van der Waals surface area contributed by atoms with E-state index in [1.807, 2.05) is 17.9 Å². The molecule has 0 atom stereocenters. The molecule has 3 rings (SSSR count). The molecule has 0 spiro atoms. The Morgan fingerprint density at radius 3 is 2.48 bits per heavy atom. The molecule has 0 N–H and O–H groups in total. The molecule has 0 bridgehead atoms. The molecule has 1 saturated carbocycles. The summed E-state index contributed by atoms with van der Waals surface area (Å²) in [4.78, 5) is 21.1. The lowest BCUT2D eigenvalue weighted by atomic mass is 10.1. The molecular weight excluding hydrogens is 286 g/mol. The van der Waals surface area contributed by atoms with Gasteiger partial charge in [-0.3, -0.25) is 9.69 Å². The van der Waals surface area contributed by atoms with Gasteiger partial charge in [0.25, 0.3) is 5.91 Å². The second-order valence-electron chi connectivity index (χ2n) is 6.07. The predicted molar refractivity (Wildman–Crippen MR) is 83.7 cm³/mol. The highest BCUT2D eigenvalue weighted by atomic mass is 35.5. The molecule has 2 fully saturated rings. The van der Waals surface area contributed by atoms with Crippen molar-refractivity contribution < 1.29 is 4.79 Å². The Kier molecular flexibility index (Phi) is 4.45. The van der Waals surface area contributed by atoms with Crippen molar-refractivity contribution in [1.29, 1.82) is 0 Å². The number of amides is 1. The fraction of sp³-hybridized carbons (Fsp3) is 0.625. The highest BCUT2D eigenvalue weighted by Gasteiger charge is 2.28. The predicted octanol–water partition coefficient (Wildman–Crippen LogP) is 2.74. The first-order valence-electron chi connectivity index (χ1n) is 7.81. The van der Waals surface area contributed by atoms with Crippen LogP contribution in [0.5, 0.6) is 0 Å². The van der Waals surface area contributed by atoms with Gasteiger partial charge in [0.05, 0.1) is 0 Å². The average molecular weight is 308 g/mol. The zero-order valence-electron chi connectivity index (χ0n) is 12.5. The molecule has 21 heavy (non-hydrogen) atoms. The average Bonchev–Trinajstić information content (AvgIpc) is 3.04. The van der Waals surface area contributed by atoms with Crippen LogP contribution in [0, 0.1) is 6.92 Å². The van der Waals surface area contributed by atoms with Gasteiger partial charge in [0.2, 0.25) is 0 Å². The van der Waals surface area contributed by atoms with Crippen molar-refractivity contribution in [2.75, 3.05) is 26.2 Å². The van der Waals surface area contributed by atoms with Crippen molar-refractivity contribution in [2.24, 2.45) is 0 Å². The minimum atomic E-state index is 0.00275. The maximum atomic E-state index is 12.5. The number of piperazine rings is 1. The molecule has 1 aliphatic heterocycles. The molecule has 1 saturated heterocycles. The van der Waals surface area contributed by atoms with E-state index in [1.165, 1.54) is 25.7 Å². The second kappa shape index (κ2) is 6.32. The molecule has 5 heteroatoms. The number of rotatable bonds is 2. The zero-order chi connectivity index (χ0) is 14.8. The first kappa shape index (κ1) is 14.8. The minimum absolute atomic E-state index is 0.00275. The Morgan fingerprint density at radius 2 is 1.86 bits per heavy atom. The summed E-state index contributed by atoms with van der Waals surface area (Å²) in [6.07, 6.45) is 5.36. The number of carbonyl (C=O) groups excluding carboxylic acids is 1. The Bertz CT molecular complexity index is 520. The number of hydrogen-bond acceptors (Lipinski definition) is 3. The fourth-order valence-corrected chi connectivity index (χ4v) is 3.50. The number of aryl methyl sites for hydroxylation is 1. The highest BCUT2D eigenvalue weighted by molar-refractivity contribution is 6.30. The quantitative estimate of drug-likeness (QED) is 0.788. The van der Waals surface area contributed by atoms with Crippen LogP contribution in [0.2, 0.25) is 5.15 Å². The van der Waals surface area contributed by atoms with Gasteiger partial charge in [-0.1, -0.05) is 30.5 Å². The maximum Gasteiger partial charge on any atom is 0.272 e. The summed E-state index contributed by atoms with van der Waals surface area (Å²) >= 11 is 6.02. The number of halogens is 1. The Balaban J connectivity index is 1.60. The van der Waals surface area contributed by atoms with Crippen molar-refractivity contribution in [3.63, 3.8) is 0 Å². The van der Waals surface area contributed by atoms with Gasteiger partial charge < -0.3 is 4.90 Å². The van der Waals surface area contributed by atoms with E-state index in [9.17, 15) is 4.79 Å². The fourth-order valence-electron chi connectivity index (χ4n) is 3.34. The van der Waals surface area contributed by atoms with E-state index in [-0.39, 0.29) is 5.91 Å². The highest BCUT2D eigenvalue weighted by Crippen LogP contribution is 2.24. The minimum Gasteiger partial charge on any atom is -0.335 e. The van der Waals surface area contributed by atoms with Crippen molar-refractivity contribution >= 4 is 17.5 Å². The van der Waals surface area contributed by atoms with Crippen molar-refractivity contribution in [2.45, 2.75) is 38.6 Å². The van der Waals surface area contributed by atoms with Gasteiger partial charge in [0, 0.05) is 32.2 Å². The van der Waals surface area contributed by atoms with E-state index in [1.54, 1.807) is 6.07 Å². The molecule has 4 nitrogen and oxygen atoms in total. The number of pyridine rings is 1. The summed E-state index contributed by atoms with van der Waals surface area (Å²) in [5.41, 5.74) is 1.36. The SMILES string of the molecule is Cc1ccc(C(=O)N2CCN(C3CCCC3)CC2)nc1Cl. The summed E-state index contributed by atoms with van der Waals surface area (Å²) in [6.45, 7) is 5.45. The van der Waals surface area contributed by atoms with E-state index < -0.39 is 0 Å². The van der Waals surface area contributed by atoms with Gasteiger partial charge in [-0.05, 0) is 31.4 Å². The van der Waals surface area contributed by atoms with Gasteiger partial charge in [-0.15, -0.1) is 0 Å². The van der Waals surface area contributed by atoms with Gasteiger partial charge >= 0.3 is 0 Å². The third kappa shape index (κ3) is 3.22. The van der Waals surface area contributed by atoms with Gasteiger partial charge in [-0.25, -0.2) is 4.98 Å². The van der Waals surface area contributed by atoms with Crippen LogP contribution in [-0.2, 0) is 0 Å². The smallest absolute Gasteiger partial charge is 0.272 e. The molecule has 0 unspecified atom stereocenters. The molecular formula is C16H22ClN3O. The number of carbonyl (C=O) groups is 1. The summed E-state index contributed by atoms with van der Waals surface area (Å²) < 4.78 is 0. The third-order valence-electron chi connectivity index (χ3n) is 4.70. The molecule has 114 valence electrons. The van der Waals surface area contributed by atoms with E-state index in [2.05, 4.69) is 9.88 Å². The van der Waals surface area contributed by atoms with Crippen molar-refractivity contribution in [3.8, 4) is 0 Å². The number of aromatic nitrogens is 1. The summed E-state index contributed by atoms with van der Waals surface area (Å²) in [6, 6.07) is 4.37. The standard InChI is InChI=1S/C16H22ClN3O/c1-12-6-7-14(18-15(12)17)16(21)20-10-8-19(9-11-20)13-4-2-3-5-13/h6-7,13H,2-5,8-11H2,1H3. The van der Waals surface area contributed by atoms with E-state index in [0.29, 0.717) is 10.8 Å². The Morgan fingerprint density at radius 1 is 1.19 bits per heavy atom. The van der Waals surface area contributed by atoms with Crippen molar-refractivity contribution in [3.05, 3.63) is 28.5 Å². The lowest BCUT2D eigenvalue weighted by Crippen LogP contribution is -2.51. The molecule has 0 radical (unpaired) electrons. The second-order valence-corrected chi connectivity index (χ2v) is 6.43. The summed E-state index contributed by atoms with van der Waals surface area (Å²) in [5.74, 6) is 0.00275. The molecule has 1 aromatic heterocycles. The van der Waals surface area contributed by atoms with Gasteiger partial charge in [0.1, 0.15) is 10.8 Å². The number of nitrogens with zero attached hydrogens (tertiary/aromatic N) is 3. The van der Waals surface area contributed by atoms with Gasteiger partial charge in [0.15, 0.2) is 0 Å². The Hall–Kier alpha value is -1.13. The summed E-state index contributed by atoms with van der Waals surface area (Å²) in [7, 11) is 0. The van der Waals surface area contributed by atoms with E-state index in [0.717, 1.165) is 37.8 Å². The summed E-state index contributed by atoms with van der Waals surface area (Å²) in [5, 5.41) is 0.422. The number of hydrogen-bond donors (Lipinski definition) is 0. The maximum absolute atomic E-state index is 12.5. The third-order valence-corrected chi connectivity index (χ3v) is 5.08. The first-order chi connectivity index (χ1) is 10.1. The molecule has 2 aliphatic rings. The lowest BCUT2D eigenvalue weighted by molar-refractivity contribution is 0.0568. The first-order valence-corrected chi connectivity index (χ1v) is 8.19. The molecule has 0 aromatic carbocycles. The molecule has 1 aromatic rings. The van der Waals surface area contributed by atoms with E-state index >= 15 is 0 Å². The topological polar surface area (TPSA) is 36.4 Å². The van der Waals surface area contributed by atoms with Gasteiger partial charge in [-0.2, -0.15) is 0 Å². The van der Waals surface area contributed by atoms with Crippen molar-refractivity contribution in [1.82, 2.24) is 14.8 Å². The van der Waals surface area contributed by atoms with E-state index in [4.69, 9.17) is 11.6 Å². The van der Waals surface area contributed by atoms with Crippen LogP contribution in [0.15, 0.2) is 12.1 Å². The molecule has 1 amide bonds. The van der Waals surface area contributed by atoms with Crippen LogP contribution < -0.4 is 0 Å². The monoisotopic (exact) mass is 307 g/mol. The van der Waals surface area contributed by atoms with Crippen LogP contribution in [0.4, 0.5) is 0 Å². The molecule has 1 aliphatic carbocycles. The Labute approximate surface area is 131 Å². The largest absolute Gasteiger partial charge is 0.335 e. The van der Waals surface area contributed by atoms with Crippen LogP contribution >= 0.6 is 11.6 Å². The normalized spacial score (nSPS) is 21.0. The van der Waals surface area contributed by atoms with Crippen LogP contribution in [0.25, 0.3) is 0 Å². The molecule has 2 heterocycles. The lowest BCUT2D eigenvalue weighted by Gasteiger charge is -2.37.